The number of methoxy groups -OCH3 is 1. The fraction of sp³-hybridized carbons (Fsp3) is 0.450. The van der Waals surface area contributed by atoms with Gasteiger partial charge in [0.15, 0.2) is 11.0 Å². The monoisotopic (exact) mass is 386 g/mol. The maximum atomic E-state index is 12.7. The summed E-state index contributed by atoms with van der Waals surface area (Å²) in [5.41, 5.74) is 2.14. The highest BCUT2D eigenvalue weighted by Gasteiger charge is 2.19. The van der Waals surface area contributed by atoms with Crippen LogP contribution in [-0.4, -0.2) is 45.0 Å². The van der Waals surface area contributed by atoms with E-state index in [0.717, 1.165) is 41.6 Å². The molecule has 1 aliphatic carbocycles. The molecule has 0 radical (unpaired) electrons. The third kappa shape index (κ3) is 4.53. The second-order valence-electron chi connectivity index (χ2n) is 6.46. The highest BCUT2D eigenvalue weighted by atomic mass is 32.2. The molecule has 3 rings (SSSR count). The van der Waals surface area contributed by atoms with Gasteiger partial charge in [-0.25, -0.2) is 0 Å². The summed E-state index contributed by atoms with van der Waals surface area (Å²) in [6.45, 7) is 2.74. The van der Waals surface area contributed by atoms with Crippen molar-refractivity contribution in [2.75, 3.05) is 19.4 Å². The first kappa shape index (κ1) is 19.5. The van der Waals surface area contributed by atoms with Crippen molar-refractivity contribution in [2.24, 2.45) is 7.05 Å². The molecular formula is C20H26N4O2S. The maximum Gasteiger partial charge on any atom is 0.237 e. The Balaban J connectivity index is 1.66. The van der Waals surface area contributed by atoms with Crippen LogP contribution in [0.1, 0.15) is 32.6 Å². The summed E-state index contributed by atoms with van der Waals surface area (Å²) in [7, 11) is 3.57. The molecule has 0 aliphatic heterocycles. The van der Waals surface area contributed by atoms with Crippen molar-refractivity contribution >= 4 is 17.7 Å². The molecule has 0 spiro atoms. The van der Waals surface area contributed by atoms with Crippen molar-refractivity contribution in [2.45, 2.75) is 37.8 Å². The van der Waals surface area contributed by atoms with E-state index >= 15 is 0 Å². The standard InChI is InChI=1S/C20H26N4O2S/c1-4-24(16-8-6-5-7-9-16)18(25)14-27-20-22-21-19(23(20)2)15-10-12-17(26-3)13-11-15/h8,10-13H,4-7,9,14H2,1-3H3. The van der Waals surface area contributed by atoms with E-state index in [1.54, 1.807) is 7.11 Å². The van der Waals surface area contributed by atoms with Crippen LogP contribution < -0.4 is 4.74 Å². The summed E-state index contributed by atoms with van der Waals surface area (Å²) < 4.78 is 7.12. The highest BCUT2D eigenvalue weighted by Crippen LogP contribution is 2.26. The Bertz CT molecular complexity index is 814. The average Bonchev–Trinajstić information content (AvgIpc) is 3.08. The molecule has 7 heteroatoms. The summed E-state index contributed by atoms with van der Waals surface area (Å²) in [6, 6.07) is 7.71. The number of carbonyl (C=O) groups is 1. The minimum Gasteiger partial charge on any atom is -0.497 e. The molecule has 0 saturated carbocycles. The molecule has 0 bridgehead atoms. The molecule has 0 N–H and O–H groups in total. The van der Waals surface area contributed by atoms with E-state index in [0.29, 0.717) is 12.3 Å². The second kappa shape index (κ2) is 9.08. The number of thioether (sulfide) groups is 1. The number of allylic oxidation sites excluding steroid dienone is 2. The third-order valence-corrected chi connectivity index (χ3v) is 5.74. The molecule has 2 aromatic rings. The van der Waals surface area contributed by atoms with Gasteiger partial charge in [0.2, 0.25) is 5.91 Å². The summed E-state index contributed by atoms with van der Waals surface area (Å²) in [6.07, 6.45) is 6.66. The Hall–Kier alpha value is -2.28. The molecule has 0 unspecified atom stereocenters. The Kier molecular flexibility index (Phi) is 6.55. The van der Waals surface area contributed by atoms with Gasteiger partial charge in [-0.15, -0.1) is 10.2 Å². The van der Waals surface area contributed by atoms with Gasteiger partial charge in [0.25, 0.3) is 0 Å². The molecule has 6 nitrogen and oxygen atoms in total. The fourth-order valence-electron chi connectivity index (χ4n) is 3.24. The molecule has 1 heterocycles. The van der Waals surface area contributed by atoms with E-state index < -0.39 is 0 Å². The number of rotatable bonds is 7. The molecule has 0 atom stereocenters. The number of nitrogens with zero attached hydrogens (tertiary/aromatic N) is 4. The number of hydrogen-bond donors (Lipinski definition) is 0. The van der Waals surface area contributed by atoms with E-state index in [-0.39, 0.29) is 5.91 Å². The predicted octanol–water partition coefficient (Wildman–Crippen LogP) is 3.89. The van der Waals surface area contributed by atoms with Crippen LogP contribution in [0.15, 0.2) is 41.2 Å². The van der Waals surface area contributed by atoms with Crippen molar-refractivity contribution in [1.29, 1.82) is 0 Å². The Morgan fingerprint density at radius 3 is 2.67 bits per heavy atom. The quantitative estimate of drug-likeness (QED) is 0.676. The lowest BCUT2D eigenvalue weighted by Gasteiger charge is -2.26. The molecule has 1 aromatic heterocycles. The van der Waals surface area contributed by atoms with Crippen LogP contribution >= 0.6 is 11.8 Å². The molecule has 27 heavy (non-hydrogen) atoms. The Morgan fingerprint density at radius 1 is 1.26 bits per heavy atom. The van der Waals surface area contributed by atoms with Crippen LogP contribution in [0.5, 0.6) is 5.75 Å². The number of aromatic nitrogens is 3. The predicted molar refractivity (Wildman–Crippen MR) is 108 cm³/mol. The molecule has 1 aromatic carbocycles. The van der Waals surface area contributed by atoms with Gasteiger partial charge in [-0.1, -0.05) is 17.8 Å². The van der Waals surface area contributed by atoms with Crippen LogP contribution in [0.2, 0.25) is 0 Å². The topological polar surface area (TPSA) is 60.3 Å². The minimum atomic E-state index is 0.129. The Labute approximate surface area is 164 Å². The van der Waals surface area contributed by atoms with Gasteiger partial charge in [0, 0.05) is 24.9 Å². The lowest BCUT2D eigenvalue weighted by molar-refractivity contribution is -0.126. The van der Waals surface area contributed by atoms with Gasteiger partial charge < -0.3 is 14.2 Å². The van der Waals surface area contributed by atoms with Gasteiger partial charge >= 0.3 is 0 Å². The van der Waals surface area contributed by atoms with Gasteiger partial charge in [-0.05, 0) is 56.9 Å². The molecular weight excluding hydrogens is 360 g/mol. The largest absolute Gasteiger partial charge is 0.497 e. The van der Waals surface area contributed by atoms with E-state index in [4.69, 9.17) is 4.74 Å². The van der Waals surface area contributed by atoms with Crippen molar-refractivity contribution in [3.63, 3.8) is 0 Å². The average molecular weight is 387 g/mol. The summed E-state index contributed by atoms with van der Waals surface area (Å²) in [5, 5.41) is 9.29. The van der Waals surface area contributed by atoms with Crippen molar-refractivity contribution in [1.82, 2.24) is 19.7 Å². The first-order valence-corrected chi connectivity index (χ1v) is 10.3. The molecule has 144 valence electrons. The lowest BCUT2D eigenvalue weighted by atomic mass is 10.0. The number of hydrogen-bond acceptors (Lipinski definition) is 5. The van der Waals surface area contributed by atoms with Crippen molar-refractivity contribution in [3.05, 3.63) is 36.0 Å². The molecule has 0 fully saturated rings. The number of benzene rings is 1. The van der Waals surface area contributed by atoms with E-state index in [1.807, 2.05) is 47.7 Å². The molecule has 1 amide bonds. The van der Waals surface area contributed by atoms with Gasteiger partial charge in [-0.2, -0.15) is 0 Å². The maximum absolute atomic E-state index is 12.7. The van der Waals surface area contributed by atoms with Gasteiger partial charge in [0.1, 0.15) is 5.75 Å². The number of carbonyl (C=O) groups excluding carboxylic acids is 1. The van der Waals surface area contributed by atoms with E-state index in [9.17, 15) is 4.79 Å². The van der Waals surface area contributed by atoms with Gasteiger partial charge in [-0.3, -0.25) is 4.79 Å². The number of ether oxygens (including phenoxy) is 1. The SMILES string of the molecule is CCN(C(=O)CSc1nnc(-c2ccc(OC)cc2)n1C)C1=CCCCC1. The third-order valence-electron chi connectivity index (χ3n) is 4.74. The molecule has 1 aliphatic rings. The van der Waals surface area contributed by atoms with Crippen molar-refractivity contribution < 1.29 is 9.53 Å². The minimum absolute atomic E-state index is 0.129. The zero-order valence-corrected chi connectivity index (χ0v) is 17.0. The van der Waals surface area contributed by atoms with Crippen molar-refractivity contribution in [3.8, 4) is 17.1 Å². The van der Waals surface area contributed by atoms with Crippen LogP contribution in [-0.2, 0) is 11.8 Å². The smallest absolute Gasteiger partial charge is 0.237 e. The second-order valence-corrected chi connectivity index (χ2v) is 7.40. The zero-order valence-electron chi connectivity index (χ0n) is 16.1. The Morgan fingerprint density at radius 2 is 2.04 bits per heavy atom. The van der Waals surface area contributed by atoms with Crippen LogP contribution in [0, 0.1) is 0 Å². The first-order chi connectivity index (χ1) is 13.1. The first-order valence-electron chi connectivity index (χ1n) is 9.30. The fourth-order valence-corrected chi connectivity index (χ4v) is 4.03. The van der Waals surface area contributed by atoms with Crippen LogP contribution in [0.3, 0.4) is 0 Å². The number of amides is 1. The van der Waals surface area contributed by atoms with Crippen LogP contribution in [0.25, 0.3) is 11.4 Å². The van der Waals surface area contributed by atoms with Gasteiger partial charge in [0.05, 0.1) is 12.9 Å². The van der Waals surface area contributed by atoms with E-state index in [2.05, 4.69) is 16.3 Å². The highest BCUT2D eigenvalue weighted by molar-refractivity contribution is 7.99. The van der Waals surface area contributed by atoms with Crippen LogP contribution in [0.4, 0.5) is 0 Å². The zero-order chi connectivity index (χ0) is 19.2. The summed E-state index contributed by atoms with van der Waals surface area (Å²) in [4.78, 5) is 14.6. The summed E-state index contributed by atoms with van der Waals surface area (Å²) in [5.74, 6) is 2.07. The summed E-state index contributed by atoms with van der Waals surface area (Å²) >= 11 is 1.43. The van der Waals surface area contributed by atoms with E-state index in [1.165, 1.54) is 23.9 Å². The normalized spacial score (nSPS) is 14.0. The molecule has 0 saturated heterocycles. The lowest BCUT2D eigenvalue weighted by Crippen LogP contribution is -2.32.